The highest BCUT2D eigenvalue weighted by Crippen LogP contribution is 1.98. The fourth-order valence-corrected chi connectivity index (χ4v) is 0.751. The van der Waals surface area contributed by atoms with Gasteiger partial charge in [0.25, 0.3) is 0 Å². The Labute approximate surface area is 89.6 Å². The molecule has 2 N–H and O–H groups in total. The van der Waals surface area contributed by atoms with Crippen molar-refractivity contribution in [3.8, 4) is 0 Å². The first-order valence-electron chi connectivity index (χ1n) is 3.40. The van der Waals surface area contributed by atoms with Crippen LogP contribution in [0.2, 0.25) is 0 Å². The van der Waals surface area contributed by atoms with Gasteiger partial charge in [0.1, 0.15) is 0 Å². The number of rotatable bonds is 2. The number of carbonyl (C=O) groups is 1. The van der Waals surface area contributed by atoms with Gasteiger partial charge in [0, 0.05) is 17.5 Å². The molecule has 74 valence electrons. The molecule has 0 aliphatic heterocycles. The third kappa shape index (κ3) is 4.22. The molecule has 13 heavy (non-hydrogen) atoms. The number of nitrogens with two attached hydrogens (primary N) is 1. The lowest BCUT2D eigenvalue weighted by atomic mass is 10.2. The van der Waals surface area contributed by atoms with E-state index in [0.29, 0.717) is 5.56 Å². The smallest absolute Gasteiger partial charge is 0.177 e. The van der Waals surface area contributed by atoms with Crippen molar-refractivity contribution in [1.82, 2.24) is 4.98 Å². The van der Waals surface area contributed by atoms with Crippen molar-refractivity contribution in [2.24, 2.45) is 5.73 Å². The molecule has 0 fully saturated rings. The van der Waals surface area contributed by atoms with Gasteiger partial charge in [-0.25, -0.2) is 0 Å². The molecule has 5 heteroatoms. The molecule has 3 nitrogen and oxygen atoms in total. The summed E-state index contributed by atoms with van der Waals surface area (Å²) in [5.41, 5.74) is 6.65. The van der Waals surface area contributed by atoms with E-state index in [-0.39, 0.29) is 37.1 Å². The van der Waals surface area contributed by atoms with E-state index in [1.807, 2.05) is 6.92 Å². The zero-order valence-electron chi connectivity index (χ0n) is 7.19. The second-order valence-electron chi connectivity index (χ2n) is 2.32. The number of aryl methyl sites for hydroxylation is 1. The van der Waals surface area contributed by atoms with Crippen LogP contribution in [0.5, 0.6) is 0 Å². The molecule has 0 aromatic carbocycles. The van der Waals surface area contributed by atoms with Crippen molar-refractivity contribution in [3.05, 3.63) is 29.6 Å². The molecule has 0 aliphatic rings. The van der Waals surface area contributed by atoms with Crippen LogP contribution < -0.4 is 5.73 Å². The standard InChI is InChI=1S/C8H10N2O.2ClH/c1-6-2-3-7(5-10-6)8(11)4-9;;/h2-3,5H,4,9H2,1H3;2*1H. The predicted octanol–water partition coefficient (Wildman–Crippen LogP) is 1.38. The molecular formula is C8H12Cl2N2O. The summed E-state index contributed by atoms with van der Waals surface area (Å²) in [6, 6.07) is 3.53. The maximum absolute atomic E-state index is 11.0. The molecule has 0 saturated heterocycles. The Balaban J connectivity index is 0. The first kappa shape index (κ1) is 14.9. The van der Waals surface area contributed by atoms with Gasteiger partial charge in [-0.3, -0.25) is 9.78 Å². The van der Waals surface area contributed by atoms with Gasteiger partial charge in [-0.1, -0.05) is 0 Å². The zero-order chi connectivity index (χ0) is 8.27. The number of hydrogen-bond acceptors (Lipinski definition) is 3. The summed E-state index contributed by atoms with van der Waals surface area (Å²) in [4.78, 5) is 14.9. The number of carbonyl (C=O) groups excluding carboxylic acids is 1. The Hall–Kier alpha value is -0.640. The molecule has 0 saturated carbocycles. The number of hydrogen-bond donors (Lipinski definition) is 1. The highest BCUT2D eigenvalue weighted by Gasteiger charge is 2.01. The van der Waals surface area contributed by atoms with Crippen molar-refractivity contribution in [2.45, 2.75) is 6.92 Å². The van der Waals surface area contributed by atoms with Crippen LogP contribution in [0.25, 0.3) is 0 Å². The average molecular weight is 223 g/mol. The molecule has 0 radical (unpaired) electrons. The van der Waals surface area contributed by atoms with Crippen LogP contribution in [0, 0.1) is 6.92 Å². The number of pyridine rings is 1. The predicted molar refractivity (Wildman–Crippen MR) is 56.9 cm³/mol. The number of aromatic nitrogens is 1. The lowest BCUT2D eigenvalue weighted by molar-refractivity contribution is 0.100. The monoisotopic (exact) mass is 222 g/mol. The van der Waals surface area contributed by atoms with E-state index >= 15 is 0 Å². The topological polar surface area (TPSA) is 56.0 Å². The first-order chi connectivity index (χ1) is 5.24. The van der Waals surface area contributed by atoms with E-state index in [1.165, 1.54) is 0 Å². The summed E-state index contributed by atoms with van der Waals surface area (Å²) in [6.45, 7) is 1.92. The molecule has 0 spiro atoms. The van der Waals surface area contributed by atoms with E-state index in [0.717, 1.165) is 5.69 Å². The highest BCUT2D eigenvalue weighted by molar-refractivity contribution is 5.97. The van der Waals surface area contributed by atoms with Crippen LogP contribution in [0.15, 0.2) is 18.3 Å². The van der Waals surface area contributed by atoms with Gasteiger partial charge in [-0.2, -0.15) is 0 Å². The lowest BCUT2D eigenvalue weighted by Crippen LogP contribution is -2.13. The Morgan fingerprint density at radius 2 is 2.08 bits per heavy atom. The Morgan fingerprint density at radius 1 is 1.46 bits per heavy atom. The highest BCUT2D eigenvalue weighted by atomic mass is 35.5. The SMILES string of the molecule is Cc1ccc(C(=O)CN)cn1.Cl.Cl. The molecule has 0 amide bonds. The Kier molecular flexibility index (Phi) is 7.81. The molecule has 0 atom stereocenters. The van der Waals surface area contributed by atoms with Crippen LogP contribution in [-0.4, -0.2) is 17.3 Å². The summed E-state index contributed by atoms with van der Waals surface area (Å²) in [5.74, 6) is -0.0718. The molecular weight excluding hydrogens is 211 g/mol. The Morgan fingerprint density at radius 3 is 2.46 bits per heavy atom. The van der Waals surface area contributed by atoms with E-state index < -0.39 is 0 Å². The van der Waals surface area contributed by atoms with Gasteiger partial charge in [-0.05, 0) is 19.1 Å². The maximum atomic E-state index is 11.0. The van der Waals surface area contributed by atoms with Crippen LogP contribution in [0.4, 0.5) is 0 Å². The minimum atomic E-state index is -0.0718. The van der Waals surface area contributed by atoms with Crippen LogP contribution in [-0.2, 0) is 0 Å². The molecule has 1 rings (SSSR count). The number of nitrogens with zero attached hydrogens (tertiary/aromatic N) is 1. The minimum absolute atomic E-state index is 0. The van der Waals surface area contributed by atoms with Crippen molar-refractivity contribution in [2.75, 3.05) is 6.54 Å². The fourth-order valence-electron chi connectivity index (χ4n) is 0.751. The molecule has 0 unspecified atom stereocenters. The van der Waals surface area contributed by atoms with E-state index in [4.69, 9.17) is 5.73 Å². The van der Waals surface area contributed by atoms with Crippen molar-refractivity contribution in [1.29, 1.82) is 0 Å². The van der Waals surface area contributed by atoms with Gasteiger partial charge in [-0.15, -0.1) is 24.8 Å². The largest absolute Gasteiger partial charge is 0.324 e. The molecule has 1 aromatic rings. The molecule has 0 aliphatic carbocycles. The quantitative estimate of drug-likeness (QED) is 0.770. The van der Waals surface area contributed by atoms with Crippen molar-refractivity contribution < 1.29 is 4.79 Å². The number of ketones is 1. The van der Waals surface area contributed by atoms with Gasteiger partial charge in [0.2, 0.25) is 0 Å². The first-order valence-corrected chi connectivity index (χ1v) is 3.40. The van der Waals surface area contributed by atoms with E-state index in [2.05, 4.69) is 4.98 Å². The van der Waals surface area contributed by atoms with Crippen molar-refractivity contribution in [3.63, 3.8) is 0 Å². The second kappa shape index (κ2) is 6.83. The number of halogens is 2. The minimum Gasteiger partial charge on any atom is -0.324 e. The van der Waals surface area contributed by atoms with Gasteiger partial charge < -0.3 is 5.73 Å². The Bertz CT molecular complexity index is 261. The van der Waals surface area contributed by atoms with E-state index in [1.54, 1.807) is 18.3 Å². The van der Waals surface area contributed by atoms with Crippen LogP contribution >= 0.6 is 24.8 Å². The average Bonchev–Trinajstić information content (AvgIpc) is 2.05. The second-order valence-corrected chi connectivity index (χ2v) is 2.32. The summed E-state index contributed by atoms with van der Waals surface area (Å²) in [5, 5.41) is 0. The number of Topliss-reactive ketones (excluding diaryl/α,β-unsaturated/α-hetero) is 1. The summed E-state index contributed by atoms with van der Waals surface area (Å²) in [7, 11) is 0. The third-order valence-electron chi connectivity index (χ3n) is 1.42. The lowest BCUT2D eigenvalue weighted by Gasteiger charge is -1.96. The fraction of sp³-hybridized carbons (Fsp3) is 0.250. The van der Waals surface area contributed by atoms with Crippen LogP contribution in [0.3, 0.4) is 0 Å². The van der Waals surface area contributed by atoms with Crippen LogP contribution in [0.1, 0.15) is 16.1 Å². The van der Waals surface area contributed by atoms with Crippen molar-refractivity contribution >= 4 is 30.6 Å². The summed E-state index contributed by atoms with van der Waals surface area (Å²) < 4.78 is 0. The maximum Gasteiger partial charge on any atom is 0.177 e. The summed E-state index contributed by atoms with van der Waals surface area (Å²) >= 11 is 0. The third-order valence-corrected chi connectivity index (χ3v) is 1.42. The van der Waals surface area contributed by atoms with Gasteiger partial charge >= 0.3 is 0 Å². The molecule has 1 heterocycles. The van der Waals surface area contributed by atoms with Gasteiger partial charge in [0.15, 0.2) is 5.78 Å². The van der Waals surface area contributed by atoms with E-state index in [9.17, 15) is 4.79 Å². The van der Waals surface area contributed by atoms with Gasteiger partial charge in [0.05, 0.1) is 6.54 Å². The summed E-state index contributed by atoms with van der Waals surface area (Å²) in [6.07, 6.45) is 1.55. The normalized spacial score (nSPS) is 8.15. The zero-order valence-corrected chi connectivity index (χ0v) is 8.82. The molecule has 0 bridgehead atoms. The molecule has 1 aromatic heterocycles.